The van der Waals surface area contributed by atoms with E-state index in [1.807, 2.05) is 32.2 Å². The van der Waals surface area contributed by atoms with E-state index in [0.717, 1.165) is 6.54 Å². The Kier molecular flexibility index (Phi) is 4.96. The lowest BCUT2D eigenvalue weighted by Gasteiger charge is -2.21. The maximum Gasteiger partial charge on any atom is 0.374 e. The van der Waals surface area contributed by atoms with Crippen LogP contribution in [0.4, 0.5) is 0 Å². The van der Waals surface area contributed by atoms with Gasteiger partial charge in [0.15, 0.2) is 0 Å². The summed E-state index contributed by atoms with van der Waals surface area (Å²) in [5, 5.41) is 0. The molecule has 0 saturated heterocycles. The maximum atomic E-state index is 11.7. The summed E-state index contributed by atoms with van der Waals surface area (Å²) in [6, 6.07) is 13.5. The van der Waals surface area contributed by atoms with E-state index in [9.17, 15) is 4.79 Å². The minimum Gasteiger partial charge on any atom is -0.457 e. The molecule has 20 heavy (non-hydrogen) atoms. The van der Waals surface area contributed by atoms with Crippen LogP contribution >= 0.6 is 0 Å². The van der Waals surface area contributed by atoms with Gasteiger partial charge >= 0.3 is 5.97 Å². The van der Waals surface area contributed by atoms with Crippen LogP contribution in [-0.4, -0.2) is 30.6 Å². The Morgan fingerprint density at radius 2 is 2.00 bits per heavy atom. The molecule has 106 valence electrons. The molecule has 1 aromatic carbocycles. The van der Waals surface area contributed by atoms with Gasteiger partial charge in [-0.3, -0.25) is 4.90 Å². The summed E-state index contributed by atoms with van der Waals surface area (Å²) in [5.74, 6) is -0.182. The Bertz CT molecular complexity index is 522. The van der Waals surface area contributed by atoms with Crippen molar-refractivity contribution < 1.29 is 13.9 Å². The van der Waals surface area contributed by atoms with E-state index in [1.165, 1.54) is 11.8 Å². The Balaban J connectivity index is 1.79. The molecule has 2 rings (SSSR count). The van der Waals surface area contributed by atoms with Gasteiger partial charge in [0, 0.05) is 13.1 Å². The molecule has 0 bridgehead atoms. The van der Waals surface area contributed by atoms with Crippen LogP contribution < -0.4 is 0 Å². The number of likely N-dealkylation sites (N-methyl/N-ethyl adjacent to an activating group) is 1. The van der Waals surface area contributed by atoms with E-state index >= 15 is 0 Å². The summed E-state index contributed by atoms with van der Waals surface area (Å²) in [7, 11) is 2.00. The molecule has 0 spiro atoms. The van der Waals surface area contributed by atoms with Crippen LogP contribution in [0, 0.1) is 0 Å². The highest BCUT2D eigenvalue weighted by atomic mass is 16.6. The standard InChI is InChI=1S/C16H19NO3/c1-13(20-16(18)15-9-6-10-19-15)11-17(2)12-14-7-4-3-5-8-14/h3-10,13H,11-12H2,1-2H3/t13-/m1/s1. The molecule has 1 heterocycles. The van der Waals surface area contributed by atoms with Crippen LogP contribution in [-0.2, 0) is 11.3 Å². The van der Waals surface area contributed by atoms with Gasteiger partial charge in [-0.15, -0.1) is 0 Å². The number of hydrogen-bond acceptors (Lipinski definition) is 4. The minimum atomic E-state index is -0.421. The zero-order valence-corrected chi connectivity index (χ0v) is 11.8. The second kappa shape index (κ2) is 6.91. The summed E-state index contributed by atoms with van der Waals surface area (Å²) >= 11 is 0. The van der Waals surface area contributed by atoms with E-state index in [1.54, 1.807) is 12.1 Å². The molecule has 0 aliphatic carbocycles. The number of ether oxygens (including phenoxy) is 1. The number of nitrogens with zero attached hydrogens (tertiary/aromatic N) is 1. The van der Waals surface area contributed by atoms with Crippen LogP contribution in [0.25, 0.3) is 0 Å². The fraction of sp³-hybridized carbons (Fsp3) is 0.312. The fourth-order valence-electron chi connectivity index (χ4n) is 2.07. The molecule has 0 fully saturated rings. The van der Waals surface area contributed by atoms with Crippen molar-refractivity contribution in [1.29, 1.82) is 0 Å². The summed E-state index contributed by atoms with van der Waals surface area (Å²) in [5.41, 5.74) is 1.24. The number of furan rings is 1. The molecule has 0 N–H and O–H groups in total. The van der Waals surface area contributed by atoms with Crippen molar-refractivity contribution in [3.8, 4) is 0 Å². The quantitative estimate of drug-likeness (QED) is 0.759. The predicted molar refractivity (Wildman–Crippen MR) is 76.4 cm³/mol. The zero-order valence-electron chi connectivity index (χ0n) is 11.8. The second-order valence-corrected chi connectivity index (χ2v) is 4.88. The molecule has 0 aliphatic rings. The number of carbonyl (C=O) groups excluding carboxylic acids is 1. The van der Waals surface area contributed by atoms with Gasteiger partial charge in [-0.25, -0.2) is 4.79 Å². The van der Waals surface area contributed by atoms with Crippen LogP contribution in [0.3, 0.4) is 0 Å². The molecule has 4 heteroatoms. The van der Waals surface area contributed by atoms with Crippen LogP contribution in [0.2, 0.25) is 0 Å². The molecule has 0 unspecified atom stereocenters. The van der Waals surface area contributed by atoms with Gasteiger partial charge < -0.3 is 9.15 Å². The van der Waals surface area contributed by atoms with Crippen molar-refractivity contribution >= 4 is 5.97 Å². The van der Waals surface area contributed by atoms with Crippen molar-refractivity contribution in [2.75, 3.05) is 13.6 Å². The smallest absolute Gasteiger partial charge is 0.374 e. The van der Waals surface area contributed by atoms with Crippen molar-refractivity contribution in [2.45, 2.75) is 19.6 Å². The van der Waals surface area contributed by atoms with Gasteiger partial charge in [0.1, 0.15) is 6.10 Å². The van der Waals surface area contributed by atoms with Crippen LogP contribution in [0.1, 0.15) is 23.0 Å². The van der Waals surface area contributed by atoms with E-state index in [4.69, 9.17) is 9.15 Å². The number of benzene rings is 1. The number of rotatable bonds is 6. The monoisotopic (exact) mass is 273 g/mol. The zero-order chi connectivity index (χ0) is 14.4. The normalized spacial score (nSPS) is 12.3. The molecule has 0 radical (unpaired) electrons. The average Bonchev–Trinajstić information content (AvgIpc) is 2.93. The average molecular weight is 273 g/mol. The first-order chi connectivity index (χ1) is 9.65. The number of esters is 1. The Morgan fingerprint density at radius 1 is 1.25 bits per heavy atom. The summed E-state index contributed by atoms with van der Waals surface area (Å²) in [4.78, 5) is 13.8. The lowest BCUT2D eigenvalue weighted by Crippen LogP contribution is -2.30. The van der Waals surface area contributed by atoms with Gasteiger partial charge in [0.25, 0.3) is 0 Å². The molecule has 0 amide bonds. The fourth-order valence-corrected chi connectivity index (χ4v) is 2.07. The van der Waals surface area contributed by atoms with Crippen molar-refractivity contribution in [2.24, 2.45) is 0 Å². The van der Waals surface area contributed by atoms with Gasteiger partial charge in [-0.2, -0.15) is 0 Å². The van der Waals surface area contributed by atoms with Crippen molar-refractivity contribution in [3.63, 3.8) is 0 Å². The van der Waals surface area contributed by atoms with E-state index in [0.29, 0.717) is 6.54 Å². The minimum absolute atomic E-state index is 0.193. The van der Waals surface area contributed by atoms with Gasteiger partial charge in [0.05, 0.1) is 6.26 Å². The third kappa shape index (κ3) is 4.24. The molecule has 0 saturated carbocycles. The van der Waals surface area contributed by atoms with Gasteiger partial charge in [-0.05, 0) is 31.7 Å². The highest BCUT2D eigenvalue weighted by Crippen LogP contribution is 2.07. The second-order valence-electron chi connectivity index (χ2n) is 4.88. The number of hydrogen-bond donors (Lipinski definition) is 0. The van der Waals surface area contributed by atoms with Crippen molar-refractivity contribution in [1.82, 2.24) is 4.90 Å². The van der Waals surface area contributed by atoms with Gasteiger partial charge in [-0.1, -0.05) is 30.3 Å². The molecule has 1 atom stereocenters. The Labute approximate surface area is 119 Å². The highest BCUT2D eigenvalue weighted by Gasteiger charge is 2.15. The van der Waals surface area contributed by atoms with Crippen LogP contribution in [0.15, 0.2) is 53.1 Å². The molecule has 1 aromatic heterocycles. The molecule has 2 aromatic rings. The third-order valence-corrected chi connectivity index (χ3v) is 2.89. The summed E-state index contributed by atoms with van der Waals surface area (Å²) in [6.45, 7) is 3.37. The SMILES string of the molecule is C[C@H](CN(C)Cc1ccccc1)OC(=O)c1ccco1. The summed E-state index contributed by atoms with van der Waals surface area (Å²) < 4.78 is 10.3. The first kappa shape index (κ1) is 14.3. The predicted octanol–water partition coefficient (Wildman–Crippen LogP) is 2.96. The van der Waals surface area contributed by atoms with E-state index in [-0.39, 0.29) is 11.9 Å². The molecule has 4 nitrogen and oxygen atoms in total. The molecule has 0 aliphatic heterocycles. The lowest BCUT2D eigenvalue weighted by atomic mass is 10.2. The molecular weight excluding hydrogens is 254 g/mol. The lowest BCUT2D eigenvalue weighted by molar-refractivity contribution is 0.0233. The summed E-state index contributed by atoms with van der Waals surface area (Å²) in [6.07, 6.45) is 1.27. The maximum absolute atomic E-state index is 11.7. The van der Waals surface area contributed by atoms with E-state index in [2.05, 4.69) is 17.0 Å². The highest BCUT2D eigenvalue weighted by molar-refractivity contribution is 5.86. The van der Waals surface area contributed by atoms with Crippen molar-refractivity contribution in [3.05, 3.63) is 60.1 Å². The first-order valence-electron chi connectivity index (χ1n) is 6.62. The van der Waals surface area contributed by atoms with Gasteiger partial charge in [0.2, 0.25) is 5.76 Å². The van der Waals surface area contributed by atoms with E-state index < -0.39 is 5.97 Å². The third-order valence-electron chi connectivity index (χ3n) is 2.89. The Morgan fingerprint density at radius 3 is 2.65 bits per heavy atom. The largest absolute Gasteiger partial charge is 0.457 e. The number of carbonyl (C=O) groups is 1. The molecular formula is C16H19NO3. The Hall–Kier alpha value is -2.07. The first-order valence-corrected chi connectivity index (χ1v) is 6.62. The topological polar surface area (TPSA) is 42.7 Å². The van der Waals surface area contributed by atoms with Crippen LogP contribution in [0.5, 0.6) is 0 Å².